The average Bonchev–Trinajstić information content (AvgIpc) is 3.41. The van der Waals surface area contributed by atoms with Crippen molar-refractivity contribution in [2.75, 3.05) is 26.2 Å². The van der Waals surface area contributed by atoms with E-state index in [0.29, 0.717) is 19.0 Å². The van der Waals surface area contributed by atoms with Crippen LogP contribution in [0.5, 0.6) is 0 Å². The topological polar surface area (TPSA) is 70.6 Å². The zero-order valence-corrected chi connectivity index (χ0v) is 15.4. The Kier molecular flexibility index (Phi) is 6.80. The van der Waals surface area contributed by atoms with Crippen molar-refractivity contribution in [3.63, 3.8) is 0 Å². The summed E-state index contributed by atoms with van der Waals surface area (Å²) in [6.07, 6.45) is 6.67. The van der Waals surface area contributed by atoms with Crippen molar-refractivity contribution >= 4 is 5.96 Å². The third kappa shape index (κ3) is 5.06. The molecule has 0 amide bonds. The second-order valence-electron chi connectivity index (χ2n) is 6.38. The lowest BCUT2D eigenvalue weighted by atomic mass is 10.2. The van der Waals surface area contributed by atoms with Crippen molar-refractivity contribution in [1.29, 1.82) is 0 Å². The summed E-state index contributed by atoms with van der Waals surface area (Å²) in [7, 11) is 0. The van der Waals surface area contributed by atoms with E-state index < -0.39 is 6.55 Å². The fraction of sp³-hybridized carbons (Fsp3) is 0.556. The minimum atomic E-state index is -2.62. The largest absolute Gasteiger partial charge is 0.468 e. The molecule has 9 heteroatoms. The van der Waals surface area contributed by atoms with Gasteiger partial charge in [-0.15, -0.1) is 0 Å². The molecule has 0 radical (unpaired) electrons. The van der Waals surface area contributed by atoms with Crippen molar-refractivity contribution in [1.82, 2.24) is 25.1 Å². The molecule has 1 atom stereocenters. The van der Waals surface area contributed by atoms with Crippen LogP contribution in [0.25, 0.3) is 0 Å². The van der Waals surface area contributed by atoms with Gasteiger partial charge < -0.3 is 15.1 Å². The van der Waals surface area contributed by atoms with Crippen LogP contribution < -0.4 is 10.6 Å². The van der Waals surface area contributed by atoms with Crippen LogP contribution in [0, 0.1) is 0 Å². The van der Waals surface area contributed by atoms with E-state index in [0.717, 1.165) is 23.4 Å². The number of imidazole rings is 1. The Morgan fingerprint density at radius 3 is 2.81 bits per heavy atom. The second kappa shape index (κ2) is 9.50. The summed E-state index contributed by atoms with van der Waals surface area (Å²) in [5.74, 6) is 1.70. The van der Waals surface area contributed by atoms with Crippen LogP contribution in [0.3, 0.4) is 0 Å². The van der Waals surface area contributed by atoms with Crippen molar-refractivity contribution in [3.05, 3.63) is 42.4 Å². The first-order valence-corrected chi connectivity index (χ1v) is 9.28. The van der Waals surface area contributed by atoms with E-state index in [1.54, 1.807) is 6.26 Å². The standard InChI is InChI=1S/C18H26F2N6O/c1-2-21-18(24-13-16-22-7-10-26(16)17(19)20)23-12-14(15-6-5-11-27-15)25-8-3-4-9-25/h5-7,10-11,14,17H,2-4,8-9,12-13H2,1H3,(H2,21,23,24). The molecule has 7 nitrogen and oxygen atoms in total. The molecule has 1 saturated heterocycles. The number of nitrogens with zero attached hydrogens (tertiary/aromatic N) is 4. The summed E-state index contributed by atoms with van der Waals surface area (Å²) in [6, 6.07) is 3.98. The fourth-order valence-electron chi connectivity index (χ4n) is 3.27. The monoisotopic (exact) mass is 380 g/mol. The zero-order valence-electron chi connectivity index (χ0n) is 15.4. The molecule has 1 fully saturated rings. The summed E-state index contributed by atoms with van der Waals surface area (Å²) >= 11 is 0. The van der Waals surface area contributed by atoms with E-state index in [4.69, 9.17) is 4.42 Å². The maximum Gasteiger partial charge on any atom is 0.319 e. The summed E-state index contributed by atoms with van der Waals surface area (Å²) in [5, 5.41) is 6.46. The molecule has 0 aromatic carbocycles. The lowest BCUT2D eigenvalue weighted by Crippen LogP contribution is -2.42. The first kappa shape index (κ1) is 19.3. The van der Waals surface area contributed by atoms with Crippen molar-refractivity contribution < 1.29 is 13.2 Å². The van der Waals surface area contributed by atoms with E-state index >= 15 is 0 Å². The lowest BCUT2D eigenvalue weighted by molar-refractivity contribution is 0.0671. The SMILES string of the molecule is CCNC(=NCc1nccn1C(F)F)NCC(c1ccco1)N1CCCC1. The van der Waals surface area contributed by atoms with Crippen LogP contribution in [0.4, 0.5) is 8.78 Å². The molecule has 0 spiro atoms. The normalized spacial score (nSPS) is 16.8. The lowest BCUT2D eigenvalue weighted by Gasteiger charge is -2.26. The molecule has 3 rings (SSSR count). The van der Waals surface area contributed by atoms with Crippen LogP contribution in [0.1, 0.15) is 43.9 Å². The third-order valence-electron chi connectivity index (χ3n) is 4.60. The number of likely N-dealkylation sites (tertiary alicyclic amines) is 1. The molecule has 0 bridgehead atoms. The summed E-state index contributed by atoms with van der Waals surface area (Å²) < 4.78 is 32.3. The van der Waals surface area contributed by atoms with Crippen LogP contribution in [0.15, 0.2) is 40.2 Å². The van der Waals surface area contributed by atoms with E-state index in [2.05, 4.69) is 25.5 Å². The van der Waals surface area contributed by atoms with E-state index in [1.165, 1.54) is 25.2 Å². The predicted molar refractivity (Wildman–Crippen MR) is 98.6 cm³/mol. The van der Waals surface area contributed by atoms with Gasteiger partial charge in [0.1, 0.15) is 18.1 Å². The second-order valence-corrected chi connectivity index (χ2v) is 6.38. The average molecular weight is 380 g/mol. The first-order chi connectivity index (χ1) is 13.2. The molecular weight excluding hydrogens is 354 g/mol. The molecule has 148 valence electrons. The van der Waals surface area contributed by atoms with Gasteiger partial charge in [0.25, 0.3) is 0 Å². The molecule has 0 aliphatic carbocycles. The van der Waals surface area contributed by atoms with Crippen LogP contribution >= 0.6 is 0 Å². The Hall–Kier alpha value is -2.42. The maximum absolute atomic E-state index is 12.9. The van der Waals surface area contributed by atoms with Gasteiger partial charge in [0.2, 0.25) is 0 Å². The third-order valence-corrected chi connectivity index (χ3v) is 4.60. The Balaban J connectivity index is 1.66. The minimum absolute atomic E-state index is 0.0712. The van der Waals surface area contributed by atoms with Gasteiger partial charge >= 0.3 is 6.55 Å². The molecule has 3 heterocycles. The number of hydrogen-bond donors (Lipinski definition) is 2. The summed E-state index contributed by atoms with van der Waals surface area (Å²) in [6.45, 7) is 2.77. The van der Waals surface area contributed by atoms with E-state index in [9.17, 15) is 8.78 Å². The Bertz CT molecular complexity index is 709. The zero-order chi connectivity index (χ0) is 19.1. The van der Waals surface area contributed by atoms with Gasteiger partial charge in [0.15, 0.2) is 5.96 Å². The molecule has 27 heavy (non-hydrogen) atoms. The van der Waals surface area contributed by atoms with Crippen molar-refractivity contribution in [2.45, 2.75) is 38.9 Å². The molecule has 1 unspecified atom stereocenters. The molecule has 0 saturated carbocycles. The summed E-state index contributed by atoms with van der Waals surface area (Å²) in [5.41, 5.74) is 0. The van der Waals surface area contributed by atoms with E-state index in [1.807, 2.05) is 19.1 Å². The fourth-order valence-corrected chi connectivity index (χ4v) is 3.27. The highest BCUT2D eigenvalue weighted by Crippen LogP contribution is 2.24. The summed E-state index contributed by atoms with van der Waals surface area (Å²) in [4.78, 5) is 10.8. The van der Waals surface area contributed by atoms with Crippen molar-refractivity contribution in [2.24, 2.45) is 4.99 Å². The Labute approximate surface area is 157 Å². The van der Waals surface area contributed by atoms with E-state index in [-0.39, 0.29) is 18.4 Å². The number of rotatable bonds is 8. The number of alkyl halides is 2. The quantitative estimate of drug-likeness (QED) is 0.544. The van der Waals surface area contributed by atoms with Crippen molar-refractivity contribution in [3.8, 4) is 0 Å². The Morgan fingerprint density at radius 2 is 2.15 bits per heavy atom. The van der Waals surface area contributed by atoms with Gasteiger partial charge in [0.05, 0.1) is 12.3 Å². The Morgan fingerprint density at radius 1 is 1.33 bits per heavy atom. The number of halogens is 2. The molecular formula is C18H26F2N6O. The number of furan rings is 1. The molecule has 2 aromatic heterocycles. The van der Waals surface area contributed by atoms with Gasteiger partial charge in [-0.1, -0.05) is 0 Å². The highest BCUT2D eigenvalue weighted by Gasteiger charge is 2.25. The van der Waals surface area contributed by atoms with Gasteiger partial charge in [-0.05, 0) is 45.0 Å². The molecule has 1 aliphatic heterocycles. The number of hydrogen-bond acceptors (Lipinski definition) is 4. The number of nitrogens with one attached hydrogen (secondary N) is 2. The van der Waals surface area contributed by atoms with Crippen LogP contribution in [-0.2, 0) is 6.54 Å². The maximum atomic E-state index is 12.9. The van der Waals surface area contributed by atoms with Crippen LogP contribution in [0.2, 0.25) is 0 Å². The van der Waals surface area contributed by atoms with Gasteiger partial charge in [-0.3, -0.25) is 9.47 Å². The smallest absolute Gasteiger partial charge is 0.319 e. The molecule has 1 aliphatic rings. The van der Waals surface area contributed by atoms with Gasteiger partial charge in [-0.25, -0.2) is 9.98 Å². The molecule has 2 N–H and O–H groups in total. The minimum Gasteiger partial charge on any atom is -0.468 e. The predicted octanol–water partition coefficient (Wildman–Crippen LogP) is 2.76. The highest BCUT2D eigenvalue weighted by molar-refractivity contribution is 5.79. The molecule has 2 aromatic rings. The van der Waals surface area contributed by atoms with Crippen LogP contribution in [-0.4, -0.2) is 46.6 Å². The number of aliphatic imine (C=N–C) groups is 1. The van der Waals surface area contributed by atoms with Gasteiger partial charge in [0, 0.05) is 25.5 Å². The highest BCUT2D eigenvalue weighted by atomic mass is 19.3. The van der Waals surface area contributed by atoms with Gasteiger partial charge in [-0.2, -0.15) is 8.78 Å². The first-order valence-electron chi connectivity index (χ1n) is 9.28. The number of aromatic nitrogens is 2. The number of guanidine groups is 1.